The summed E-state index contributed by atoms with van der Waals surface area (Å²) in [6, 6.07) is 10.4. The molecule has 3 amide bonds. The molecule has 2 aliphatic heterocycles. The molecule has 0 spiro atoms. The van der Waals surface area contributed by atoms with Crippen LogP contribution in [-0.2, 0) is 23.9 Å². The number of cyclic esters (lactones) is 1. The second-order valence-electron chi connectivity index (χ2n) is 7.51. The normalized spacial score (nSPS) is 17.2. The van der Waals surface area contributed by atoms with E-state index in [1.54, 1.807) is 41.3 Å². The van der Waals surface area contributed by atoms with Gasteiger partial charge >= 0.3 is 18.0 Å². The summed E-state index contributed by atoms with van der Waals surface area (Å²) in [4.78, 5) is 58.8. The maximum absolute atomic E-state index is 12.2. The number of rotatable bonds is 7. The Labute approximate surface area is 213 Å². The summed E-state index contributed by atoms with van der Waals surface area (Å²) in [7, 11) is 0. The Balaban J connectivity index is 0.000000454. The molecule has 3 N–H and O–H groups in total. The summed E-state index contributed by atoms with van der Waals surface area (Å²) >= 11 is 7.03. The Morgan fingerprint density at radius 2 is 1.67 bits per heavy atom. The number of hydrogen-bond donors (Lipinski definition) is 3. The first-order valence-electron chi connectivity index (χ1n) is 10.6. The minimum Gasteiger partial charge on any atom is -0.481 e. The number of benzene rings is 1. The molecule has 1 aromatic heterocycles. The van der Waals surface area contributed by atoms with Crippen LogP contribution in [0.3, 0.4) is 0 Å². The number of carboxylic acids is 2. The van der Waals surface area contributed by atoms with Crippen LogP contribution in [0.15, 0.2) is 36.4 Å². The first-order chi connectivity index (χ1) is 17.1. The SMILES string of the molecule is O=C(NC[C@H]1CN(c2ccc(N3CCOCC3=O)cc2)C(=O)O1)c1ccc(Cl)s1.O=C(O)CC(=O)O. The van der Waals surface area contributed by atoms with E-state index in [0.29, 0.717) is 34.6 Å². The van der Waals surface area contributed by atoms with Gasteiger partial charge in [-0.15, -0.1) is 11.3 Å². The number of ether oxygens (including phenoxy) is 2. The lowest BCUT2D eigenvalue weighted by Gasteiger charge is -2.27. The molecule has 4 rings (SSSR count). The Kier molecular flexibility index (Phi) is 9.22. The molecule has 1 aromatic carbocycles. The van der Waals surface area contributed by atoms with Gasteiger partial charge in [0.1, 0.15) is 19.1 Å². The number of aliphatic carboxylic acids is 2. The van der Waals surface area contributed by atoms with Crippen LogP contribution in [0.4, 0.5) is 16.2 Å². The van der Waals surface area contributed by atoms with E-state index < -0.39 is 30.6 Å². The molecule has 3 heterocycles. The number of nitrogens with one attached hydrogen (secondary N) is 1. The average Bonchev–Trinajstić information content (AvgIpc) is 3.43. The van der Waals surface area contributed by atoms with Crippen LogP contribution in [0.25, 0.3) is 0 Å². The first kappa shape index (κ1) is 26.9. The Bertz CT molecular complexity index is 1130. The molecular weight excluding hydrogens is 518 g/mol. The molecule has 0 bridgehead atoms. The molecule has 0 unspecified atom stereocenters. The van der Waals surface area contributed by atoms with Crippen LogP contribution < -0.4 is 15.1 Å². The second kappa shape index (κ2) is 12.3. The molecule has 2 aliphatic rings. The van der Waals surface area contributed by atoms with E-state index in [1.807, 2.05) is 0 Å². The lowest BCUT2D eigenvalue weighted by atomic mass is 10.2. The Hall–Kier alpha value is -3.68. The minimum atomic E-state index is -1.31. The fourth-order valence-electron chi connectivity index (χ4n) is 3.30. The third-order valence-corrected chi connectivity index (χ3v) is 6.15. The molecule has 36 heavy (non-hydrogen) atoms. The third-order valence-electron chi connectivity index (χ3n) is 4.92. The third kappa shape index (κ3) is 7.41. The van der Waals surface area contributed by atoms with Crippen LogP contribution in [0.5, 0.6) is 0 Å². The quantitative estimate of drug-likeness (QED) is 0.447. The van der Waals surface area contributed by atoms with Crippen molar-refractivity contribution >= 4 is 64.2 Å². The summed E-state index contributed by atoms with van der Waals surface area (Å²) < 4.78 is 11.0. The molecule has 2 aromatic rings. The molecule has 0 aliphatic carbocycles. The van der Waals surface area contributed by atoms with E-state index in [2.05, 4.69) is 5.32 Å². The minimum absolute atomic E-state index is 0.0747. The van der Waals surface area contributed by atoms with Gasteiger partial charge in [0.25, 0.3) is 11.8 Å². The Morgan fingerprint density at radius 3 is 2.19 bits per heavy atom. The van der Waals surface area contributed by atoms with Crippen molar-refractivity contribution in [2.45, 2.75) is 12.5 Å². The number of nitrogens with zero attached hydrogens (tertiary/aromatic N) is 2. The predicted molar refractivity (Wildman–Crippen MR) is 129 cm³/mol. The van der Waals surface area contributed by atoms with Crippen molar-refractivity contribution in [2.24, 2.45) is 0 Å². The molecule has 1 atom stereocenters. The fourth-order valence-corrected chi connectivity index (χ4v) is 4.26. The van der Waals surface area contributed by atoms with Gasteiger partial charge in [-0.1, -0.05) is 11.6 Å². The number of carbonyl (C=O) groups is 5. The summed E-state index contributed by atoms with van der Waals surface area (Å²) in [6.07, 6.45) is -1.74. The molecule has 14 heteroatoms. The molecule has 2 saturated heterocycles. The van der Waals surface area contributed by atoms with E-state index in [1.165, 1.54) is 16.2 Å². The van der Waals surface area contributed by atoms with Crippen LogP contribution in [0, 0.1) is 0 Å². The Morgan fingerprint density at radius 1 is 1.03 bits per heavy atom. The number of amides is 3. The van der Waals surface area contributed by atoms with Crippen molar-refractivity contribution in [1.29, 1.82) is 0 Å². The zero-order chi connectivity index (χ0) is 26.2. The van der Waals surface area contributed by atoms with Gasteiger partial charge in [-0.25, -0.2) is 4.79 Å². The second-order valence-corrected chi connectivity index (χ2v) is 9.22. The number of halogens is 1. The van der Waals surface area contributed by atoms with E-state index in [9.17, 15) is 24.0 Å². The number of anilines is 2. The lowest BCUT2D eigenvalue weighted by molar-refractivity contribution is -0.147. The average molecular weight is 540 g/mol. The van der Waals surface area contributed by atoms with Gasteiger partial charge < -0.3 is 29.9 Å². The number of hydrogen-bond acceptors (Lipinski definition) is 8. The molecule has 0 radical (unpaired) electrons. The highest BCUT2D eigenvalue weighted by Crippen LogP contribution is 2.26. The molecule has 2 fully saturated rings. The molecular formula is C22H22ClN3O9S. The molecule has 0 saturated carbocycles. The van der Waals surface area contributed by atoms with Gasteiger partial charge in [0.2, 0.25) is 0 Å². The highest BCUT2D eigenvalue weighted by molar-refractivity contribution is 7.18. The zero-order valence-electron chi connectivity index (χ0n) is 18.7. The van der Waals surface area contributed by atoms with Crippen molar-refractivity contribution in [3.8, 4) is 0 Å². The summed E-state index contributed by atoms with van der Waals surface area (Å²) in [5, 5.41) is 18.2. The van der Waals surface area contributed by atoms with Gasteiger partial charge in [-0.05, 0) is 36.4 Å². The zero-order valence-corrected chi connectivity index (χ0v) is 20.3. The van der Waals surface area contributed by atoms with Crippen molar-refractivity contribution in [2.75, 3.05) is 42.6 Å². The van der Waals surface area contributed by atoms with Crippen LogP contribution in [0.2, 0.25) is 4.34 Å². The summed E-state index contributed by atoms with van der Waals surface area (Å²) in [5.41, 5.74) is 1.42. The highest BCUT2D eigenvalue weighted by atomic mass is 35.5. The van der Waals surface area contributed by atoms with Gasteiger partial charge in [-0.2, -0.15) is 0 Å². The maximum Gasteiger partial charge on any atom is 0.414 e. The highest BCUT2D eigenvalue weighted by Gasteiger charge is 2.33. The van der Waals surface area contributed by atoms with E-state index in [-0.39, 0.29) is 25.0 Å². The fraction of sp³-hybridized carbons (Fsp3) is 0.318. The maximum atomic E-state index is 12.2. The van der Waals surface area contributed by atoms with E-state index in [4.69, 9.17) is 31.3 Å². The molecule has 192 valence electrons. The largest absolute Gasteiger partial charge is 0.481 e. The van der Waals surface area contributed by atoms with Gasteiger partial charge in [0.15, 0.2) is 0 Å². The van der Waals surface area contributed by atoms with Gasteiger partial charge in [0.05, 0.1) is 28.9 Å². The molecule has 12 nitrogen and oxygen atoms in total. The topological polar surface area (TPSA) is 163 Å². The lowest BCUT2D eigenvalue weighted by Crippen LogP contribution is -2.41. The summed E-state index contributed by atoms with van der Waals surface area (Å²) in [5.74, 6) is -2.97. The van der Waals surface area contributed by atoms with Crippen molar-refractivity contribution in [3.63, 3.8) is 0 Å². The number of carboxylic acid groups (broad SMARTS) is 2. The standard InChI is InChI=1S/C19H18ClN3O5S.C3H4O4/c20-16-6-5-15(29-16)18(25)21-9-14-10-23(19(26)28-14)13-3-1-12(2-4-13)22-7-8-27-11-17(22)24;4-2(5)1-3(6)7/h1-6,14H,7-11H2,(H,21,25);1H2,(H,4,5)(H,6,7)/t14-;/m0./s1. The van der Waals surface area contributed by atoms with Crippen LogP contribution in [0.1, 0.15) is 16.1 Å². The van der Waals surface area contributed by atoms with Crippen LogP contribution >= 0.6 is 22.9 Å². The predicted octanol–water partition coefficient (Wildman–Crippen LogP) is 2.07. The van der Waals surface area contributed by atoms with Gasteiger partial charge in [0, 0.05) is 17.9 Å². The number of thiophene rings is 1. The van der Waals surface area contributed by atoms with Crippen molar-refractivity contribution in [1.82, 2.24) is 5.32 Å². The smallest absolute Gasteiger partial charge is 0.414 e. The monoisotopic (exact) mass is 539 g/mol. The van der Waals surface area contributed by atoms with Crippen molar-refractivity contribution in [3.05, 3.63) is 45.6 Å². The number of morpholine rings is 1. The number of carbonyl (C=O) groups excluding carboxylic acids is 3. The summed E-state index contributed by atoms with van der Waals surface area (Å²) in [6.45, 7) is 1.60. The first-order valence-corrected chi connectivity index (χ1v) is 11.8. The van der Waals surface area contributed by atoms with E-state index >= 15 is 0 Å². The van der Waals surface area contributed by atoms with Gasteiger partial charge in [-0.3, -0.25) is 24.1 Å². The van der Waals surface area contributed by atoms with Crippen LogP contribution in [-0.4, -0.2) is 79.0 Å². The van der Waals surface area contributed by atoms with Crippen molar-refractivity contribution < 1.29 is 43.7 Å². The van der Waals surface area contributed by atoms with E-state index in [0.717, 1.165) is 5.69 Å².